The predicted molar refractivity (Wildman–Crippen MR) is 157 cm³/mol. The van der Waals surface area contributed by atoms with Gasteiger partial charge in [0.2, 0.25) is 0 Å². The number of alkyl halides is 5. The molecule has 11 heteroatoms. The molecule has 2 fully saturated rings. The Kier molecular flexibility index (Phi) is 11.0. The second kappa shape index (κ2) is 14.7. The highest BCUT2D eigenvalue weighted by Crippen LogP contribution is 2.40. The van der Waals surface area contributed by atoms with Crippen LogP contribution in [-0.4, -0.2) is 25.7 Å². The molecule has 0 unspecified atom stereocenters. The Hall–Kier alpha value is -3.15. The molecule has 0 atom stereocenters. The van der Waals surface area contributed by atoms with E-state index < -0.39 is 47.8 Å². The lowest BCUT2D eigenvalue weighted by molar-refractivity contribution is -0.320. The molecule has 3 aromatic carbocycles. The molecule has 0 aromatic heterocycles. The van der Waals surface area contributed by atoms with Crippen LogP contribution in [0.3, 0.4) is 0 Å². The minimum atomic E-state index is -5.07. The quantitative estimate of drug-likeness (QED) is 0.152. The van der Waals surface area contributed by atoms with Crippen molar-refractivity contribution in [3.8, 4) is 16.9 Å². The van der Waals surface area contributed by atoms with Crippen molar-refractivity contribution >= 4 is 0 Å². The Morgan fingerprint density at radius 1 is 0.761 bits per heavy atom. The van der Waals surface area contributed by atoms with Gasteiger partial charge in [0.15, 0.2) is 17.9 Å². The number of ether oxygens (including phenoxy) is 4. The topological polar surface area (TPSA) is 36.9 Å². The zero-order valence-electron chi connectivity index (χ0n) is 25.4. The Labute approximate surface area is 263 Å². The van der Waals surface area contributed by atoms with E-state index in [9.17, 15) is 17.6 Å². The Balaban J connectivity index is 1.14. The third-order valence-corrected chi connectivity index (χ3v) is 8.69. The van der Waals surface area contributed by atoms with Crippen LogP contribution in [0, 0.1) is 17.6 Å². The molecular formula is C35H37F7O4. The number of hydrogen-bond acceptors (Lipinski definition) is 4. The fourth-order valence-corrected chi connectivity index (χ4v) is 6.23. The molecule has 4 nitrogen and oxygen atoms in total. The highest BCUT2D eigenvalue weighted by molar-refractivity contribution is 5.65. The number of benzene rings is 3. The third-order valence-electron chi connectivity index (χ3n) is 8.69. The summed E-state index contributed by atoms with van der Waals surface area (Å²) in [5.41, 5.74) is 1.34. The molecule has 1 aliphatic heterocycles. The molecule has 0 radical (unpaired) electrons. The number of hydrogen-bond donors (Lipinski definition) is 0. The average molecular weight is 655 g/mol. The lowest BCUT2D eigenvalue weighted by Crippen LogP contribution is -2.38. The lowest BCUT2D eigenvalue weighted by Gasteiger charge is -2.32. The van der Waals surface area contributed by atoms with Crippen LogP contribution in [-0.2, 0) is 20.3 Å². The van der Waals surface area contributed by atoms with E-state index in [0.29, 0.717) is 17.0 Å². The van der Waals surface area contributed by atoms with E-state index in [0.717, 1.165) is 55.4 Å². The molecule has 0 bridgehead atoms. The van der Waals surface area contributed by atoms with Crippen molar-refractivity contribution < 1.29 is 49.7 Å². The van der Waals surface area contributed by atoms with Crippen LogP contribution >= 0.6 is 0 Å². The molecule has 1 saturated carbocycles. The van der Waals surface area contributed by atoms with Crippen LogP contribution in [0.1, 0.15) is 87.2 Å². The van der Waals surface area contributed by atoms with Gasteiger partial charge in [-0.1, -0.05) is 62.9 Å². The Morgan fingerprint density at radius 3 is 2.02 bits per heavy atom. The van der Waals surface area contributed by atoms with Crippen LogP contribution < -0.4 is 4.74 Å². The largest absolute Gasteiger partial charge is 0.573 e. The van der Waals surface area contributed by atoms with Crippen molar-refractivity contribution in [1.82, 2.24) is 0 Å². The second-order valence-corrected chi connectivity index (χ2v) is 12.0. The Bertz CT molecular complexity index is 1430. The van der Waals surface area contributed by atoms with E-state index in [1.807, 2.05) is 6.07 Å². The molecular weight excluding hydrogens is 617 g/mol. The van der Waals surface area contributed by atoms with E-state index in [-0.39, 0.29) is 18.8 Å². The van der Waals surface area contributed by atoms with Crippen molar-refractivity contribution in [3.05, 3.63) is 89.0 Å². The van der Waals surface area contributed by atoms with Gasteiger partial charge < -0.3 is 18.9 Å². The van der Waals surface area contributed by atoms with E-state index >= 15 is 13.2 Å². The highest BCUT2D eigenvalue weighted by Gasteiger charge is 2.39. The fourth-order valence-electron chi connectivity index (χ4n) is 6.23. The Morgan fingerprint density at radius 2 is 1.41 bits per heavy atom. The maximum absolute atomic E-state index is 15.2. The minimum Gasteiger partial charge on any atom is -0.403 e. The summed E-state index contributed by atoms with van der Waals surface area (Å²) in [6.07, 6.45) is -1.76. The maximum atomic E-state index is 15.2. The number of halogens is 7. The van der Waals surface area contributed by atoms with Crippen molar-refractivity contribution in [2.75, 3.05) is 13.2 Å². The van der Waals surface area contributed by atoms with Crippen LogP contribution in [0.15, 0.2) is 60.7 Å². The van der Waals surface area contributed by atoms with Crippen molar-refractivity contribution in [3.63, 3.8) is 0 Å². The standard InChI is InChI=1S/C35H37F7O4/c1-2-3-4-5-22-6-8-23(9-7-22)25-12-16-29(30(36)18-25)24-10-14-27(15-11-24)34(38,39)45-28-20-43-33(44-21-28)26-13-17-32(31(37)19-26)46-35(40,41)42/h10-19,22-23,28,33H,2-9,20-21H2,1H3. The minimum absolute atomic E-state index is 0.0401. The highest BCUT2D eigenvalue weighted by atomic mass is 19.4. The van der Waals surface area contributed by atoms with Crippen LogP contribution in [0.5, 0.6) is 5.75 Å². The summed E-state index contributed by atoms with van der Waals surface area (Å²) in [4.78, 5) is 0. The van der Waals surface area contributed by atoms with Gasteiger partial charge in [0, 0.05) is 11.1 Å². The third kappa shape index (κ3) is 8.80. The van der Waals surface area contributed by atoms with Gasteiger partial charge in [-0.2, -0.15) is 8.78 Å². The summed E-state index contributed by atoms with van der Waals surface area (Å²) in [6.45, 7) is 1.51. The molecule has 0 spiro atoms. The van der Waals surface area contributed by atoms with Gasteiger partial charge >= 0.3 is 12.5 Å². The summed E-state index contributed by atoms with van der Waals surface area (Å²) in [5.74, 6) is -1.63. The van der Waals surface area contributed by atoms with Gasteiger partial charge in [-0.05, 0) is 79.0 Å². The predicted octanol–water partition coefficient (Wildman–Crippen LogP) is 10.6. The maximum Gasteiger partial charge on any atom is 0.573 e. The summed E-state index contributed by atoms with van der Waals surface area (Å²) in [5, 5.41) is 0. The molecule has 250 valence electrons. The van der Waals surface area contributed by atoms with Crippen LogP contribution in [0.25, 0.3) is 11.1 Å². The van der Waals surface area contributed by atoms with Gasteiger partial charge in [0.25, 0.3) is 0 Å². The molecule has 1 aliphatic carbocycles. The summed E-state index contributed by atoms with van der Waals surface area (Å²) in [6, 6.07) is 13.0. The number of rotatable bonds is 11. The van der Waals surface area contributed by atoms with E-state index in [1.54, 1.807) is 12.1 Å². The van der Waals surface area contributed by atoms with Crippen molar-refractivity contribution in [1.29, 1.82) is 0 Å². The van der Waals surface area contributed by atoms with Gasteiger partial charge in [-0.25, -0.2) is 8.78 Å². The first-order valence-corrected chi connectivity index (χ1v) is 15.7. The zero-order chi connectivity index (χ0) is 32.9. The van der Waals surface area contributed by atoms with E-state index in [2.05, 4.69) is 11.7 Å². The molecule has 2 aliphatic rings. The second-order valence-electron chi connectivity index (χ2n) is 12.0. The van der Waals surface area contributed by atoms with Gasteiger partial charge in [-0.15, -0.1) is 13.2 Å². The van der Waals surface area contributed by atoms with E-state index in [1.165, 1.54) is 49.9 Å². The summed E-state index contributed by atoms with van der Waals surface area (Å²) < 4.78 is 116. The van der Waals surface area contributed by atoms with Crippen molar-refractivity contribution in [2.45, 2.75) is 89.1 Å². The monoisotopic (exact) mass is 654 g/mol. The zero-order valence-corrected chi connectivity index (χ0v) is 25.4. The first-order chi connectivity index (χ1) is 21.9. The van der Waals surface area contributed by atoms with Gasteiger partial charge in [-0.3, -0.25) is 0 Å². The normalized spacial score (nSPS) is 22.5. The first kappa shape index (κ1) is 34.2. The number of unbranched alkanes of at least 4 members (excludes halogenated alkanes) is 2. The molecule has 0 N–H and O–H groups in total. The van der Waals surface area contributed by atoms with Crippen LogP contribution in [0.4, 0.5) is 30.7 Å². The molecule has 5 rings (SSSR count). The molecule has 3 aromatic rings. The molecule has 1 saturated heterocycles. The SMILES string of the molecule is CCCCCC1CCC(c2ccc(-c3ccc(C(F)(F)OC4COC(c5ccc(OC(F)(F)F)c(F)c5)OC4)cc3)c(F)c2)CC1. The first-order valence-electron chi connectivity index (χ1n) is 15.7. The van der Waals surface area contributed by atoms with E-state index in [4.69, 9.17) is 14.2 Å². The molecule has 0 amide bonds. The fraction of sp³-hybridized carbons (Fsp3) is 0.486. The summed E-state index contributed by atoms with van der Waals surface area (Å²) >= 11 is 0. The van der Waals surface area contributed by atoms with Gasteiger partial charge in [0.05, 0.1) is 18.8 Å². The molecule has 46 heavy (non-hydrogen) atoms. The lowest BCUT2D eigenvalue weighted by atomic mass is 9.77. The van der Waals surface area contributed by atoms with Crippen LogP contribution in [0.2, 0.25) is 0 Å². The summed E-state index contributed by atoms with van der Waals surface area (Å²) in [7, 11) is 0. The smallest absolute Gasteiger partial charge is 0.403 e. The molecule has 1 heterocycles. The van der Waals surface area contributed by atoms with Crippen molar-refractivity contribution in [2.24, 2.45) is 5.92 Å². The van der Waals surface area contributed by atoms with Gasteiger partial charge in [0.1, 0.15) is 11.9 Å². The average Bonchev–Trinajstić information content (AvgIpc) is 3.02.